The maximum atomic E-state index is 5.44. The van der Waals surface area contributed by atoms with Crippen LogP contribution < -0.4 is 10.6 Å². The van der Waals surface area contributed by atoms with Crippen molar-refractivity contribution in [3.63, 3.8) is 0 Å². The van der Waals surface area contributed by atoms with Gasteiger partial charge in [0.05, 0.1) is 5.54 Å². The second-order valence-corrected chi connectivity index (χ2v) is 12.5. The lowest BCUT2D eigenvalue weighted by Gasteiger charge is -2.58. The van der Waals surface area contributed by atoms with Gasteiger partial charge in [0.2, 0.25) is 0 Å². The molecule has 8 rings (SSSR count). The van der Waals surface area contributed by atoms with Gasteiger partial charge in [0, 0.05) is 5.54 Å². The maximum Gasteiger partial charge on any atom is 0.197 e. The molecule has 8 bridgehead atoms. The number of rotatable bonds is 2. The number of guanidine groups is 1. The minimum absolute atomic E-state index is 0.172. The molecule has 0 aromatic rings. The van der Waals surface area contributed by atoms with Gasteiger partial charge in [0.15, 0.2) is 5.96 Å². The summed E-state index contributed by atoms with van der Waals surface area (Å²) >= 11 is 9.72. The lowest BCUT2D eigenvalue weighted by atomic mass is 9.53. The molecule has 0 amide bonds. The molecule has 0 aromatic heterocycles. The molecule has 2 N–H and O–H groups in total. The van der Waals surface area contributed by atoms with E-state index in [0.717, 1.165) is 41.5 Å². The summed E-state index contributed by atoms with van der Waals surface area (Å²) < 4.78 is 0.552. The van der Waals surface area contributed by atoms with Gasteiger partial charge in [0.25, 0.3) is 0 Å². The van der Waals surface area contributed by atoms with Gasteiger partial charge < -0.3 is 10.6 Å². The van der Waals surface area contributed by atoms with Gasteiger partial charge in [-0.3, -0.25) is 0 Å². The second kappa shape index (κ2) is 6.10. The van der Waals surface area contributed by atoms with Crippen molar-refractivity contribution in [2.45, 2.75) is 88.1 Å². The fourth-order valence-corrected chi connectivity index (χ4v) is 9.34. The fraction of sp³-hybridized carbons (Fsp3) is 0.909. The van der Waals surface area contributed by atoms with Gasteiger partial charge in [-0.1, -0.05) is 12.2 Å². The van der Waals surface area contributed by atoms with E-state index in [1.807, 2.05) is 0 Å². The van der Waals surface area contributed by atoms with Gasteiger partial charge in [0.1, 0.15) is 4.32 Å². The van der Waals surface area contributed by atoms with E-state index in [1.165, 1.54) is 77.0 Å². The zero-order valence-electron chi connectivity index (χ0n) is 16.3. The smallest absolute Gasteiger partial charge is 0.197 e. The van der Waals surface area contributed by atoms with Crippen LogP contribution in [0.1, 0.15) is 77.0 Å². The Morgan fingerprint density at radius 2 is 1.15 bits per heavy atom. The average molecular weight is 404 g/mol. The standard InChI is InChI=1S/C22H33N3S2/c26-20(27)23-19(24-21-7-13-1-14(8-21)3-15(2-13)9-21)25-22-10-16-4-17(11-22)6-18(5-16)12-22/h13-18H,1-12H2,(H3,23,24,25,26,27). The summed E-state index contributed by atoms with van der Waals surface area (Å²) in [6.45, 7) is 0. The molecule has 8 saturated carbocycles. The highest BCUT2D eigenvalue weighted by atomic mass is 32.1. The third kappa shape index (κ3) is 3.15. The van der Waals surface area contributed by atoms with Gasteiger partial charge >= 0.3 is 0 Å². The Hall–Kier alpha value is -0.290. The molecule has 0 saturated heterocycles. The molecule has 8 aliphatic rings. The van der Waals surface area contributed by atoms with Crippen LogP contribution in [-0.4, -0.2) is 21.4 Å². The van der Waals surface area contributed by atoms with E-state index in [-0.39, 0.29) is 11.1 Å². The molecule has 0 heterocycles. The maximum absolute atomic E-state index is 5.44. The zero-order valence-corrected chi connectivity index (χ0v) is 18.0. The number of hydrogen-bond donors (Lipinski definition) is 3. The normalized spacial score (nSPS) is 52.3. The van der Waals surface area contributed by atoms with Crippen LogP contribution in [0.3, 0.4) is 0 Å². The molecule has 148 valence electrons. The predicted octanol–water partition coefficient (Wildman–Crippen LogP) is 4.67. The molecule has 8 aliphatic carbocycles. The summed E-state index contributed by atoms with van der Waals surface area (Å²) in [5, 5.41) is 7.33. The van der Waals surface area contributed by atoms with Crippen LogP contribution in [0.4, 0.5) is 0 Å². The van der Waals surface area contributed by atoms with E-state index >= 15 is 0 Å². The first-order valence-corrected chi connectivity index (χ1v) is 12.2. The number of thiol groups is 1. The van der Waals surface area contributed by atoms with Crippen LogP contribution in [0.2, 0.25) is 0 Å². The highest BCUT2D eigenvalue weighted by Crippen LogP contribution is 2.58. The highest BCUT2D eigenvalue weighted by molar-refractivity contribution is 8.11. The largest absolute Gasteiger partial charge is 0.351 e. The minimum atomic E-state index is 0.172. The van der Waals surface area contributed by atoms with Crippen LogP contribution in [0.5, 0.6) is 0 Å². The SMILES string of the molecule is S=C(S)N/C(=N\C12CC3CC(CC(C3)C1)C2)NC12CC3CC(CC(C3)C1)C2. The van der Waals surface area contributed by atoms with Gasteiger partial charge in [-0.25, -0.2) is 4.99 Å². The third-order valence-corrected chi connectivity index (χ3v) is 9.22. The van der Waals surface area contributed by atoms with E-state index in [9.17, 15) is 0 Å². The second-order valence-electron chi connectivity index (χ2n) is 11.4. The molecule has 0 unspecified atom stereocenters. The average Bonchev–Trinajstić information content (AvgIpc) is 2.50. The summed E-state index contributed by atoms with van der Waals surface area (Å²) in [6, 6.07) is 0. The van der Waals surface area contributed by atoms with Crippen molar-refractivity contribution >= 4 is 35.1 Å². The van der Waals surface area contributed by atoms with Crippen molar-refractivity contribution in [3.05, 3.63) is 0 Å². The molecule has 27 heavy (non-hydrogen) atoms. The quantitative estimate of drug-likeness (QED) is 0.271. The van der Waals surface area contributed by atoms with E-state index < -0.39 is 0 Å². The van der Waals surface area contributed by atoms with Crippen molar-refractivity contribution in [2.75, 3.05) is 0 Å². The predicted molar refractivity (Wildman–Crippen MR) is 117 cm³/mol. The number of hydrogen-bond acceptors (Lipinski definition) is 2. The molecule has 8 fully saturated rings. The number of thiocarbonyl (C=S) groups is 1. The van der Waals surface area contributed by atoms with Gasteiger partial charge in [-0.05, 0) is 113 Å². The summed E-state index contributed by atoms with van der Waals surface area (Å²) in [7, 11) is 0. The molecular formula is C22H33N3S2. The van der Waals surface area contributed by atoms with Gasteiger partial charge in [-0.15, -0.1) is 12.6 Å². The molecule has 0 radical (unpaired) electrons. The Morgan fingerprint density at radius 3 is 1.56 bits per heavy atom. The summed E-state index contributed by atoms with van der Waals surface area (Å²) in [6.07, 6.45) is 16.7. The van der Waals surface area contributed by atoms with Crippen LogP contribution in [0, 0.1) is 35.5 Å². The number of aliphatic imine (C=N–C) groups is 1. The zero-order chi connectivity index (χ0) is 18.2. The monoisotopic (exact) mass is 403 g/mol. The topological polar surface area (TPSA) is 36.4 Å². The fourth-order valence-electron chi connectivity index (χ4n) is 9.14. The van der Waals surface area contributed by atoms with E-state index in [0.29, 0.717) is 4.32 Å². The van der Waals surface area contributed by atoms with E-state index in [2.05, 4.69) is 23.3 Å². The summed E-state index contributed by atoms with van der Waals surface area (Å²) in [5.74, 6) is 6.53. The van der Waals surface area contributed by atoms with Crippen LogP contribution in [-0.2, 0) is 0 Å². The minimum Gasteiger partial charge on any atom is -0.351 e. The number of nitrogens with one attached hydrogen (secondary N) is 2. The molecule has 3 nitrogen and oxygen atoms in total. The van der Waals surface area contributed by atoms with E-state index in [4.69, 9.17) is 17.2 Å². The Morgan fingerprint density at radius 1 is 0.741 bits per heavy atom. The first kappa shape index (κ1) is 17.6. The van der Waals surface area contributed by atoms with Crippen LogP contribution >= 0.6 is 24.8 Å². The third-order valence-electron chi connectivity index (χ3n) is 9.00. The molecule has 0 atom stereocenters. The molecule has 0 aliphatic heterocycles. The van der Waals surface area contributed by atoms with Crippen LogP contribution in [0.25, 0.3) is 0 Å². The lowest BCUT2D eigenvalue weighted by molar-refractivity contribution is -0.0121. The van der Waals surface area contributed by atoms with Gasteiger partial charge in [-0.2, -0.15) is 0 Å². The van der Waals surface area contributed by atoms with Crippen molar-refractivity contribution in [2.24, 2.45) is 40.5 Å². The first-order chi connectivity index (χ1) is 13.0. The summed E-state index contributed by atoms with van der Waals surface area (Å²) in [5.41, 5.74) is 0.437. The van der Waals surface area contributed by atoms with Crippen molar-refractivity contribution in [3.8, 4) is 0 Å². The molecule has 0 aromatic carbocycles. The first-order valence-electron chi connectivity index (χ1n) is 11.3. The van der Waals surface area contributed by atoms with Crippen molar-refractivity contribution in [1.82, 2.24) is 10.6 Å². The highest BCUT2D eigenvalue weighted by Gasteiger charge is 2.53. The Labute approximate surface area is 174 Å². The molecule has 5 heteroatoms. The molecule has 0 spiro atoms. The van der Waals surface area contributed by atoms with Crippen LogP contribution in [0.15, 0.2) is 4.99 Å². The Balaban J connectivity index is 1.29. The van der Waals surface area contributed by atoms with Crippen molar-refractivity contribution < 1.29 is 0 Å². The Kier molecular flexibility index (Phi) is 3.97. The van der Waals surface area contributed by atoms with E-state index in [1.54, 1.807) is 0 Å². The number of nitrogens with zero attached hydrogens (tertiary/aromatic N) is 1. The Bertz CT molecular complexity index is 614. The summed E-state index contributed by atoms with van der Waals surface area (Å²) in [4.78, 5) is 5.44. The molecular weight excluding hydrogens is 370 g/mol. The lowest BCUT2D eigenvalue weighted by Crippen LogP contribution is -2.62. The van der Waals surface area contributed by atoms with Crippen molar-refractivity contribution in [1.29, 1.82) is 0 Å².